The van der Waals surface area contributed by atoms with Crippen molar-refractivity contribution in [3.63, 3.8) is 0 Å². The van der Waals surface area contributed by atoms with Gasteiger partial charge in [-0.15, -0.1) is 0 Å². The zero-order chi connectivity index (χ0) is 13.1. The SMILES string of the molecule is CC(=O)c1cc(Cl)cc(Nc2ccccc2)c1N. The Morgan fingerprint density at radius 1 is 1.22 bits per heavy atom. The highest BCUT2D eigenvalue weighted by atomic mass is 35.5. The van der Waals surface area contributed by atoms with Gasteiger partial charge in [-0.25, -0.2) is 0 Å². The second kappa shape index (κ2) is 5.10. The number of para-hydroxylation sites is 1. The number of nitrogens with one attached hydrogen (secondary N) is 1. The molecule has 2 aromatic carbocycles. The second-order valence-corrected chi connectivity index (χ2v) is 4.40. The van der Waals surface area contributed by atoms with Crippen LogP contribution < -0.4 is 11.1 Å². The van der Waals surface area contributed by atoms with Crippen molar-refractivity contribution in [1.29, 1.82) is 0 Å². The molecule has 0 fully saturated rings. The molecule has 0 atom stereocenters. The fraction of sp³-hybridized carbons (Fsp3) is 0.0714. The number of carbonyl (C=O) groups is 1. The van der Waals surface area contributed by atoms with Crippen LogP contribution in [-0.2, 0) is 0 Å². The van der Waals surface area contributed by atoms with Crippen LogP contribution in [0.1, 0.15) is 17.3 Å². The van der Waals surface area contributed by atoms with Gasteiger partial charge in [-0.2, -0.15) is 0 Å². The number of anilines is 3. The van der Waals surface area contributed by atoms with Crippen LogP contribution in [0.2, 0.25) is 5.02 Å². The van der Waals surface area contributed by atoms with Gasteiger partial charge in [-0.1, -0.05) is 29.8 Å². The van der Waals surface area contributed by atoms with E-state index in [1.807, 2.05) is 30.3 Å². The summed E-state index contributed by atoms with van der Waals surface area (Å²) in [4.78, 5) is 11.5. The fourth-order valence-corrected chi connectivity index (χ4v) is 1.91. The molecular formula is C14H13ClN2O. The first-order valence-corrected chi connectivity index (χ1v) is 5.88. The molecule has 0 saturated carbocycles. The first-order chi connectivity index (χ1) is 8.58. The largest absolute Gasteiger partial charge is 0.396 e. The Morgan fingerprint density at radius 2 is 1.89 bits per heavy atom. The van der Waals surface area contributed by atoms with E-state index in [9.17, 15) is 4.79 Å². The van der Waals surface area contributed by atoms with Gasteiger partial charge in [0.2, 0.25) is 0 Å². The number of hydrogen-bond acceptors (Lipinski definition) is 3. The minimum atomic E-state index is -0.105. The molecule has 92 valence electrons. The molecule has 0 amide bonds. The molecule has 0 unspecified atom stereocenters. The minimum Gasteiger partial charge on any atom is -0.396 e. The molecular weight excluding hydrogens is 248 g/mol. The molecule has 3 nitrogen and oxygen atoms in total. The van der Waals surface area contributed by atoms with Crippen molar-refractivity contribution in [3.05, 3.63) is 53.1 Å². The second-order valence-electron chi connectivity index (χ2n) is 3.96. The van der Waals surface area contributed by atoms with E-state index in [0.29, 0.717) is 22.0 Å². The lowest BCUT2D eigenvalue weighted by Gasteiger charge is -2.12. The molecule has 0 saturated heterocycles. The quantitative estimate of drug-likeness (QED) is 0.651. The van der Waals surface area contributed by atoms with E-state index >= 15 is 0 Å². The lowest BCUT2D eigenvalue weighted by Crippen LogP contribution is -2.04. The lowest BCUT2D eigenvalue weighted by molar-refractivity contribution is 0.101. The summed E-state index contributed by atoms with van der Waals surface area (Å²) < 4.78 is 0. The average Bonchev–Trinajstić information content (AvgIpc) is 2.34. The Hall–Kier alpha value is -2.00. The van der Waals surface area contributed by atoms with Gasteiger partial charge in [0.1, 0.15) is 0 Å². The predicted molar refractivity (Wildman–Crippen MR) is 75.6 cm³/mol. The van der Waals surface area contributed by atoms with Gasteiger partial charge in [-0.3, -0.25) is 4.79 Å². The van der Waals surface area contributed by atoms with Crippen molar-refractivity contribution < 1.29 is 4.79 Å². The topological polar surface area (TPSA) is 55.1 Å². The number of nitrogens with two attached hydrogens (primary N) is 1. The van der Waals surface area contributed by atoms with Crippen LogP contribution in [0.15, 0.2) is 42.5 Å². The number of hydrogen-bond donors (Lipinski definition) is 2. The first-order valence-electron chi connectivity index (χ1n) is 5.50. The van der Waals surface area contributed by atoms with E-state index in [-0.39, 0.29) is 5.78 Å². The van der Waals surface area contributed by atoms with Crippen LogP contribution in [0.25, 0.3) is 0 Å². The van der Waals surface area contributed by atoms with Gasteiger partial charge >= 0.3 is 0 Å². The third kappa shape index (κ3) is 2.63. The monoisotopic (exact) mass is 260 g/mol. The molecule has 0 bridgehead atoms. The molecule has 18 heavy (non-hydrogen) atoms. The molecule has 0 aliphatic rings. The summed E-state index contributed by atoms with van der Waals surface area (Å²) in [5.41, 5.74) is 8.33. The zero-order valence-corrected chi connectivity index (χ0v) is 10.7. The zero-order valence-electron chi connectivity index (χ0n) is 9.91. The van der Waals surface area contributed by atoms with E-state index < -0.39 is 0 Å². The molecule has 3 N–H and O–H groups in total. The molecule has 0 radical (unpaired) electrons. The van der Waals surface area contributed by atoms with Gasteiger partial charge < -0.3 is 11.1 Å². The lowest BCUT2D eigenvalue weighted by atomic mass is 10.1. The maximum Gasteiger partial charge on any atom is 0.162 e. The van der Waals surface area contributed by atoms with Crippen molar-refractivity contribution in [2.24, 2.45) is 0 Å². The molecule has 0 heterocycles. The Balaban J connectivity index is 2.42. The molecule has 2 aromatic rings. The van der Waals surface area contributed by atoms with Crippen LogP contribution in [0.4, 0.5) is 17.1 Å². The number of Topliss-reactive ketones (excluding diaryl/α,β-unsaturated/α-hetero) is 1. The standard InChI is InChI=1S/C14H13ClN2O/c1-9(18)12-7-10(15)8-13(14(12)16)17-11-5-3-2-4-6-11/h2-8,17H,16H2,1H3. The molecule has 0 spiro atoms. The first kappa shape index (κ1) is 12.5. The van der Waals surface area contributed by atoms with Crippen LogP contribution in [-0.4, -0.2) is 5.78 Å². The van der Waals surface area contributed by atoms with Crippen LogP contribution in [0.3, 0.4) is 0 Å². The van der Waals surface area contributed by atoms with Crippen LogP contribution in [0, 0.1) is 0 Å². The summed E-state index contributed by atoms with van der Waals surface area (Å²) in [5, 5.41) is 3.63. The molecule has 0 aliphatic heterocycles. The smallest absolute Gasteiger partial charge is 0.162 e. The number of carbonyl (C=O) groups excluding carboxylic acids is 1. The Labute approximate surface area is 111 Å². The third-order valence-corrected chi connectivity index (χ3v) is 2.80. The summed E-state index contributed by atoms with van der Waals surface area (Å²) in [7, 11) is 0. The van der Waals surface area contributed by atoms with Crippen LogP contribution in [0.5, 0.6) is 0 Å². The highest BCUT2D eigenvalue weighted by Gasteiger charge is 2.11. The summed E-state index contributed by atoms with van der Waals surface area (Å²) in [6.45, 7) is 1.47. The molecule has 0 aliphatic carbocycles. The van der Waals surface area contributed by atoms with Gasteiger partial charge in [0, 0.05) is 16.3 Å². The highest BCUT2D eigenvalue weighted by molar-refractivity contribution is 6.31. The van der Waals surface area contributed by atoms with Crippen molar-refractivity contribution in [1.82, 2.24) is 0 Å². The van der Waals surface area contributed by atoms with Gasteiger partial charge in [0.15, 0.2) is 5.78 Å². The van der Waals surface area contributed by atoms with E-state index in [1.54, 1.807) is 12.1 Å². The molecule has 4 heteroatoms. The summed E-state index contributed by atoms with van der Waals surface area (Å²) in [5.74, 6) is -0.105. The summed E-state index contributed by atoms with van der Waals surface area (Å²) in [6, 6.07) is 12.9. The Morgan fingerprint density at radius 3 is 2.50 bits per heavy atom. The molecule has 2 rings (SSSR count). The van der Waals surface area contributed by atoms with Gasteiger partial charge in [0.05, 0.1) is 11.4 Å². The average molecular weight is 261 g/mol. The summed E-state index contributed by atoms with van der Waals surface area (Å²) in [6.07, 6.45) is 0. The highest BCUT2D eigenvalue weighted by Crippen LogP contribution is 2.30. The Kier molecular flexibility index (Phi) is 3.53. The van der Waals surface area contributed by atoms with Crippen LogP contribution >= 0.6 is 11.6 Å². The molecule has 0 aromatic heterocycles. The maximum atomic E-state index is 11.5. The van der Waals surface area contributed by atoms with E-state index in [1.165, 1.54) is 6.92 Å². The van der Waals surface area contributed by atoms with Gasteiger partial charge in [0.25, 0.3) is 0 Å². The van der Waals surface area contributed by atoms with Crippen molar-refractivity contribution in [3.8, 4) is 0 Å². The number of rotatable bonds is 3. The third-order valence-electron chi connectivity index (χ3n) is 2.58. The number of benzene rings is 2. The minimum absolute atomic E-state index is 0.105. The fourth-order valence-electron chi connectivity index (χ4n) is 1.69. The van der Waals surface area contributed by atoms with Crippen molar-refractivity contribution in [2.45, 2.75) is 6.92 Å². The van der Waals surface area contributed by atoms with Gasteiger partial charge in [-0.05, 0) is 31.2 Å². The van der Waals surface area contributed by atoms with Crippen molar-refractivity contribution >= 4 is 34.4 Å². The summed E-state index contributed by atoms with van der Waals surface area (Å²) >= 11 is 5.98. The number of nitrogen functional groups attached to an aromatic ring is 1. The van der Waals surface area contributed by atoms with Crippen molar-refractivity contribution in [2.75, 3.05) is 11.1 Å². The number of ketones is 1. The normalized spacial score (nSPS) is 10.1. The van der Waals surface area contributed by atoms with E-state index in [4.69, 9.17) is 17.3 Å². The van der Waals surface area contributed by atoms with E-state index in [2.05, 4.69) is 5.32 Å². The predicted octanol–water partition coefficient (Wildman–Crippen LogP) is 3.87. The number of halogens is 1. The maximum absolute atomic E-state index is 11.5. The van der Waals surface area contributed by atoms with E-state index in [0.717, 1.165) is 5.69 Å². The Bertz CT molecular complexity index is 582.